The van der Waals surface area contributed by atoms with Crippen LogP contribution in [0.4, 0.5) is 0 Å². The Morgan fingerprint density at radius 1 is 0.758 bits per heavy atom. The van der Waals surface area contributed by atoms with E-state index in [2.05, 4.69) is 9.47 Å². The number of Topliss-reactive ketones (excluding diaryl/α,β-unsaturated/α-hetero) is 2. The van der Waals surface area contributed by atoms with E-state index in [1.54, 1.807) is 49.2 Å². The van der Waals surface area contributed by atoms with Crippen molar-refractivity contribution >= 4 is 59.0 Å². The average Bonchev–Trinajstić information content (AvgIpc) is 3.96. The minimum atomic E-state index is -0.961. The molecule has 0 bridgehead atoms. The summed E-state index contributed by atoms with van der Waals surface area (Å²) in [6.45, 7) is 4.69. The lowest BCUT2D eigenvalue weighted by Crippen LogP contribution is -2.48. The molecule has 2 amide bonds. The second-order valence-electron chi connectivity index (χ2n) is 17.5. The second kappa shape index (κ2) is 23.6. The van der Waals surface area contributed by atoms with Crippen LogP contribution in [-0.4, -0.2) is 93.6 Å². The van der Waals surface area contributed by atoms with Gasteiger partial charge in [0.15, 0.2) is 5.78 Å². The molecular weight excluding hydrogens is 897 g/mol. The first-order valence-corrected chi connectivity index (χ1v) is 23.3. The largest absolute Gasteiger partial charge is 0.457 e. The van der Waals surface area contributed by atoms with E-state index >= 15 is 0 Å². The third kappa shape index (κ3) is 12.9. The summed E-state index contributed by atoms with van der Waals surface area (Å²) in [5.41, 5.74) is 4.49. The van der Waals surface area contributed by atoms with Crippen molar-refractivity contribution in [1.29, 1.82) is 0 Å². The Kier molecular flexibility index (Phi) is 18.0. The maximum atomic E-state index is 14.8. The third-order valence-electron chi connectivity index (χ3n) is 13.0. The molecule has 2 aliphatic heterocycles. The maximum Gasteiger partial charge on any atom is 0.228 e. The Balaban J connectivity index is 0.00000720. The van der Waals surface area contributed by atoms with Gasteiger partial charge in [0.1, 0.15) is 23.1 Å². The van der Waals surface area contributed by atoms with Crippen molar-refractivity contribution in [1.82, 2.24) is 24.3 Å². The molecule has 66 heavy (non-hydrogen) atoms. The summed E-state index contributed by atoms with van der Waals surface area (Å²) in [5.74, 6) is -0.493. The fraction of sp³-hybridized carbons (Fsp3) is 0.404. The highest BCUT2D eigenvalue weighted by Gasteiger charge is 2.36. The average molecular weight is 957 g/mol. The zero-order chi connectivity index (χ0) is 46.0. The van der Waals surface area contributed by atoms with Gasteiger partial charge >= 0.3 is 0 Å². The Morgan fingerprint density at radius 2 is 1.44 bits per heavy atom. The molecule has 2 aliphatic rings. The SMILES string of the molecule is COC[C@@H]1CC(=O)[C@H](C)N(Cc2ccc(Cl)cc2Oc2ccc(-c3cnc(CN4CCCC4)n3C)cc2)C(=O)C[C@@H](Cc2ccccc2)C(=O)CC[C@@H](Cc2ccc(Cl)cc2)N(C)C1=O.Cl. The van der Waals surface area contributed by atoms with E-state index in [4.69, 9.17) is 37.7 Å². The van der Waals surface area contributed by atoms with Crippen LogP contribution in [0.3, 0.4) is 0 Å². The van der Waals surface area contributed by atoms with E-state index in [-0.39, 0.29) is 74.2 Å². The summed E-state index contributed by atoms with van der Waals surface area (Å²) in [4.78, 5) is 68.3. The number of methoxy groups -OCH3 is 1. The van der Waals surface area contributed by atoms with Gasteiger partial charge in [-0.1, -0.05) is 71.7 Å². The number of amides is 2. The molecule has 2 saturated heterocycles. The number of carbonyl (C=O) groups excluding carboxylic acids is 4. The Morgan fingerprint density at radius 3 is 2.14 bits per heavy atom. The molecule has 0 aliphatic carbocycles. The topological polar surface area (TPSA) is 114 Å². The van der Waals surface area contributed by atoms with E-state index in [0.29, 0.717) is 46.4 Å². The highest BCUT2D eigenvalue weighted by atomic mass is 35.5. The first-order chi connectivity index (χ1) is 31.4. The maximum absolute atomic E-state index is 14.8. The monoisotopic (exact) mass is 955 g/mol. The third-order valence-corrected chi connectivity index (χ3v) is 13.5. The molecule has 3 heterocycles. The van der Waals surface area contributed by atoms with Crippen LogP contribution in [0.5, 0.6) is 11.5 Å². The van der Waals surface area contributed by atoms with Crippen molar-refractivity contribution in [2.24, 2.45) is 18.9 Å². The van der Waals surface area contributed by atoms with Gasteiger partial charge in [-0.25, -0.2) is 4.98 Å². The summed E-state index contributed by atoms with van der Waals surface area (Å²) < 4.78 is 14.1. The number of ether oxygens (including phenoxy) is 2. The van der Waals surface area contributed by atoms with Gasteiger partial charge in [0.05, 0.1) is 43.5 Å². The molecule has 4 aromatic carbocycles. The molecule has 0 radical (unpaired) electrons. The van der Waals surface area contributed by atoms with E-state index < -0.39 is 17.9 Å². The zero-order valence-electron chi connectivity index (χ0n) is 38.2. The van der Waals surface area contributed by atoms with Crippen molar-refractivity contribution in [3.63, 3.8) is 0 Å². The Hall–Kier alpha value is -5.04. The number of hydrogen-bond donors (Lipinski definition) is 0. The summed E-state index contributed by atoms with van der Waals surface area (Å²) in [6, 6.07) is 28.7. The molecule has 1 aromatic heterocycles. The van der Waals surface area contributed by atoms with Gasteiger partial charge < -0.3 is 23.8 Å². The van der Waals surface area contributed by atoms with Gasteiger partial charge in [-0.2, -0.15) is 0 Å². The first kappa shape index (κ1) is 50.4. The quantitative estimate of drug-likeness (QED) is 0.115. The van der Waals surface area contributed by atoms with Crippen LogP contribution in [0.1, 0.15) is 68.0 Å². The summed E-state index contributed by atoms with van der Waals surface area (Å²) in [5, 5.41) is 1.04. The summed E-state index contributed by atoms with van der Waals surface area (Å²) in [7, 11) is 5.27. The fourth-order valence-corrected chi connectivity index (χ4v) is 9.33. The number of carbonyl (C=O) groups is 4. The molecule has 5 aromatic rings. The lowest BCUT2D eigenvalue weighted by Gasteiger charge is -2.34. The number of imidazole rings is 1. The van der Waals surface area contributed by atoms with Gasteiger partial charge in [-0.05, 0) is 112 Å². The standard InChI is InChI=1S/C52H59Cl2N5O6.ClH/c1-35-48(61)28-41(34-64-4)52(63)56(2)44(27-37-12-17-42(53)18-13-37)20-23-47(60)40(26-36-10-6-5-7-11-36)29-51(62)59(35)32-39-14-19-43(54)30-49(39)65-45-21-15-38(16-22-45)46-31-55-50(57(46)3)33-58-24-8-9-25-58;/h5-7,10-19,21-22,30-31,35,40-41,44H,8-9,20,23-29,32-34H2,1-4H3;1H/t35-,40+,41-,44-;/m0./s1. The number of ketones is 2. The predicted octanol–water partition coefficient (Wildman–Crippen LogP) is 9.82. The zero-order valence-corrected chi connectivity index (χ0v) is 40.5. The van der Waals surface area contributed by atoms with Gasteiger partial charge in [-0.3, -0.25) is 24.1 Å². The van der Waals surface area contributed by atoms with Crippen LogP contribution >= 0.6 is 35.6 Å². The number of rotatable bonds is 13. The predicted molar refractivity (Wildman–Crippen MR) is 261 cm³/mol. The minimum absolute atomic E-state index is 0. The molecule has 2 fully saturated rings. The van der Waals surface area contributed by atoms with Crippen molar-refractivity contribution in [2.45, 2.75) is 83.5 Å². The van der Waals surface area contributed by atoms with Crippen LogP contribution in [0.2, 0.25) is 10.0 Å². The van der Waals surface area contributed by atoms with Crippen LogP contribution in [-0.2, 0) is 56.9 Å². The van der Waals surface area contributed by atoms with E-state index in [1.807, 2.05) is 80.0 Å². The van der Waals surface area contributed by atoms with Crippen LogP contribution in [0.25, 0.3) is 11.3 Å². The second-order valence-corrected chi connectivity index (χ2v) is 18.4. The highest BCUT2D eigenvalue weighted by molar-refractivity contribution is 6.31. The molecular formula is C52H60Cl3N5O6. The van der Waals surface area contributed by atoms with Crippen molar-refractivity contribution in [3.05, 3.63) is 136 Å². The number of benzene rings is 4. The van der Waals surface area contributed by atoms with Crippen LogP contribution in [0, 0.1) is 11.8 Å². The molecule has 14 heteroatoms. The lowest BCUT2D eigenvalue weighted by molar-refractivity contribution is -0.145. The number of halogens is 3. The minimum Gasteiger partial charge on any atom is -0.457 e. The highest BCUT2D eigenvalue weighted by Crippen LogP contribution is 2.33. The molecule has 0 N–H and O–H groups in total. The molecule has 4 atom stereocenters. The number of likely N-dealkylation sites (N-methyl/N-ethyl adjacent to an activating group) is 1. The van der Waals surface area contributed by atoms with Gasteiger partial charge in [-0.15, -0.1) is 12.4 Å². The Labute approximate surface area is 404 Å². The van der Waals surface area contributed by atoms with Gasteiger partial charge in [0, 0.05) is 73.6 Å². The van der Waals surface area contributed by atoms with E-state index in [9.17, 15) is 19.2 Å². The molecule has 350 valence electrons. The van der Waals surface area contributed by atoms with Crippen LogP contribution < -0.4 is 4.74 Å². The normalized spacial score (nSPS) is 20.3. The first-order valence-electron chi connectivity index (χ1n) is 22.5. The van der Waals surface area contributed by atoms with Crippen molar-refractivity contribution in [3.8, 4) is 22.8 Å². The van der Waals surface area contributed by atoms with E-state index in [0.717, 1.165) is 47.8 Å². The van der Waals surface area contributed by atoms with Crippen LogP contribution in [0.15, 0.2) is 103 Å². The Bertz CT molecular complexity index is 2420. The smallest absolute Gasteiger partial charge is 0.228 e. The number of hydrogen-bond acceptors (Lipinski definition) is 8. The van der Waals surface area contributed by atoms with Crippen molar-refractivity contribution in [2.75, 3.05) is 33.9 Å². The molecule has 0 unspecified atom stereocenters. The number of aromatic nitrogens is 2. The molecule has 7 rings (SSSR count). The molecule has 11 nitrogen and oxygen atoms in total. The molecule has 0 saturated carbocycles. The lowest BCUT2D eigenvalue weighted by atomic mass is 9.87. The van der Waals surface area contributed by atoms with Gasteiger partial charge in [0.2, 0.25) is 11.8 Å². The fourth-order valence-electron chi connectivity index (χ4n) is 9.04. The molecule has 0 spiro atoms. The summed E-state index contributed by atoms with van der Waals surface area (Å²) in [6.07, 6.45) is 5.43. The number of nitrogens with zero attached hydrogens (tertiary/aromatic N) is 5. The van der Waals surface area contributed by atoms with E-state index in [1.165, 1.54) is 24.9 Å². The number of likely N-dealkylation sites (tertiary alicyclic amines) is 1. The van der Waals surface area contributed by atoms with Gasteiger partial charge in [0.25, 0.3) is 0 Å². The van der Waals surface area contributed by atoms with Crippen molar-refractivity contribution < 1.29 is 28.7 Å². The summed E-state index contributed by atoms with van der Waals surface area (Å²) >= 11 is 12.8.